The highest BCUT2D eigenvalue weighted by molar-refractivity contribution is 6.14. The molecular formula is C45H29N5. The Hall–Kier alpha value is -6.85. The maximum atomic E-state index is 5.15. The number of fused-ring (bicyclic) bond motifs is 6. The molecule has 0 N–H and O–H groups in total. The van der Waals surface area contributed by atoms with Gasteiger partial charge in [-0.15, -0.1) is 0 Å². The Balaban J connectivity index is 1.20. The van der Waals surface area contributed by atoms with Crippen molar-refractivity contribution >= 4 is 43.6 Å². The fraction of sp³-hybridized carbons (Fsp3) is 0. The molecule has 7 aromatic carbocycles. The number of benzene rings is 7. The summed E-state index contributed by atoms with van der Waals surface area (Å²) in [7, 11) is 0. The average Bonchev–Trinajstić information content (AvgIpc) is 3.72. The van der Waals surface area contributed by atoms with Crippen LogP contribution in [0.15, 0.2) is 176 Å². The van der Waals surface area contributed by atoms with E-state index in [0.29, 0.717) is 17.6 Å². The molecule has 0 amide bonds. The molecule has 0 aliphatic heterocycles. The van der Waals surface area contributed by atoms with Crippen molar-refractivity contribution in [1.82, 2.24) is 24.1 Å². The monoisotopic (exact) mass is 639 g/mol. The van der Waals surface area contributed by atoms with Crippen molar-refractivity contribution < 1.29 is 0 Å². The zero-order valence-corrected chi connectivity index (χ0v) is 27.0. The normalized spacial score (nSPS) is 11.6. The van der Waals surface area contributed by atoms with Crippen LogP contribution in [0.1, 0.15) is 0 Å². The van der Waals surface area contributed by atoms with Crippen molar-refractivity contribution in [3.8, 4) is 45.5 Å². The highest BCUT2D eigenvalue weighted by atomic mass is 15.2. The average molecular weight is 640 g/mol. The number of rotatable bonds is 5. The Morgan fingerprint density at radius 2 is 0.780 bits per heavy atom. The summed E-state index contributed by atoms with van der Waals surface area (Å²) in [5.74, 6) is 1.85. The van der Waals surface area contributed by atoms with E-state index in [9.17, 15) is 0 Å². The van der Waals surface area contributed by atoms with Gasteiger partial charge in [-0.05, 0) is 35.9 Å². The van der Waals surface area contributed by atoms with Gasteiger partial charge in [0.15, 0.2) is 11.6 Å². The molecule has 0 aliphatic rings. The van der Waals surface area contributed by atoms with E-state index in [2.05, 4.69) is 124 Å². The van der Waals surface area contributed by atoms with Gasteiger partial charge in [0.25, 0.3) is 0 Å². The first kappa shape index (κ1) is 28.2. The first-order chi connectivity index (χ1) is 24.8. The standard InChI is InChI=1S/C45H29N5/c1-3-14-31(15-4-1)43-46-44(32-16-5-2-6-17-32)48-45(47-43)50-41-25-12-9-20-37(41)38-22-13-21-34(42(38)50)30-26-28-33(29-27-30)49-39-23-10-7-18-35(39)36-19-8-11-24-40(36)49/h1-29H. The Kier molecular flexibility index (Phi) is 6.42. The molecule has 0 atom stereocenters. The molecule has 0 unspecified atom stereocenters. The summed E-state index contributed by atoms with van der Waals surface area (Å²) in [4.78, 5) is 15.3. The summed E-state index contributed by atoms with van der Waals surface area (Å²) in [5, 5.41) is 4.80. The summed E-state index contributed by atoms with van der Waals surface area (Å²) >= 11 is 0. The highest BCUT2D eigenvalue weighted by Gasteiger charge is 2.20. The molecule has 3 aromatic heterocycles. The molecule has 0 aliphatic carbocycles. The molecule has 3 heterocycles. The second-order valence-corrected chi connectivity index (χ2v) is 12.5. The van der Waals surface area contributed by atoms with Gasteiger partial charge in [-0.25, -0.2) is 4.98 Å². The molecule has 10 aromatic rings. The fourth-order valence-corrected chi connectivity index (χ4v) is 7.35. The lowest BCUT2D eigenvalue weighted by molar-refractivity contribution is 0.954. The van der Waals surface area contributed by atoms with Gasteiger partial charge in [0.05, 0.1) is 22.1 Å². The topological polar surface area (TPSA) is 48.5 Å². The maximum Gasteiger partial charge on any atom is 0.238 e. The van der Waals surface area contributed by atoms with E-state index in [4.69, 9.17) is 15.0 Å². The number of para-hydroxylation sites is 4. The van der Waals surface area contributed by atoms with Crippen LogP contribution in [0.3, 0.4) is 0 Å². The lowest BCUT2D eigenvalue weighted by Gasteiger charge is -2.13. The van der Waals surface area contributed by atoms with Crippen molar-refractivity contribution in [2.45, 2.75) is 0 Å². The number of hydrogen-bond donors (Lipinski definition) is 0. The van der Waals surface area contributed by atoms with Crippen LogP contribution in [0.4, 0.5) is 0 Å². The number of nitrogens with zero attached hydrogens (tertiary/aromatic N) is 5. The van der Waals surface area contributed by atoms with E-state index in [1.54, 1.807) is 0 Å². The summed E-state index contributed by atoms with van der Waals surface area (Å²) in [6.07, 6.45) is 0. The summed E-state index contributed by atoms with van der Waals surface area (Å²) < 4.78 is 4.56. The maximum absolute atomic E-state index is 5.15. The second kappa shape index (κ2) is 11.4. The van der Waals surface area contributed by atoms with Crippen LogP contribution in [-0.2, 0) is 0 Å². The van der Waals surface area contributed by atoms with Crippen molar-refractivity contribution in [3.05, 3.63) is 176 Å². The fourth-order valence-electron chi connectivity index (χ4n) is 7.35. The van der Waals surface area contributed by atoms with Gasteiger partial charge in [-0.2, -0.15) is 9.97 Å². The molecular weight excluding hydrogens is 611 g/mol. The molecule has 50 heavy (non-hydrogen) atoms. The van der Waals surface area contributed by atoms with Gasteiger partial charge in [0.2, 0.25) is 5.95 Å². The first-order valence-corrected chi connectivity index (χ1v) is 16.8. The van der Waals surface area contributed by atoms with E-state index in [1.165, 1.54) is 21.8 Å². The third kappa shape index (κ3) is 4.45. The van der Waals surface area contributed by atoms with E-state index in [0.717, 1.165) is 49.7 Å². The van der Waals surface area contributed by atoms with Crippen molar-refractivity contribution in [1.29, 1.82) is 0 Å². The Bertz CT molecular complexity index is 2740. The molecule has 5 nitrogen and oxygen atoms in total. The molecule has 234 valence electrons. The largest absolute Gasteiger partial charge is 0.309 e. The van der Waals surface area contributed by atoms with E-state index in [1.807, 2.05) is 60.7 Å². The lowest BCUT2D eigenvalue weighted by Crippen LogP contribution is -2.07. The van der Waals surface area contributed by atoms with E-state index in [-0.39, 0.29) is 0 Å². The molecule has 0 spiro atoms. The predicted octanol–water partition coefficient (Wildman–Crippen LogP) is 11.1. The van der Waals surface area contributed by atoms with E-state index < -0.39 is 0 Å². The Labute approximate surface area is 288 Å². The molecule has 0 saturated heterocycles. The minimum Gasteiger partial charge on any atom is -0.309 e. The van der Waals surface area contributed by atoms with Gasteiger partial charge < -0.3 is 4.57 Å². The molecule has 0 bridgehead atoms. The van der Waals surface area contributed by atoms with Crippen molar-refractivity contribution in [2.24, 2.45) is 0 Å². The van der Waals surface area contributed by atoms with Crippen LogP contribution in [0.5, 0.6) is 0 Å². The molecule has 10 rings (SSSR count). The van der Waals surface area contributed by atoms with Crippen LogP contribution < -0.4 is 0 Å². The minimum absolute atomic E-state index is 0.582. The zero-order valence-electron chi connectivity index (χ0n) is 27.0. The molecule has 0 radical (unpaired) electrons. The second-order valence-electron chi connectivity index (χ2n) is 12.5. The molecule has 0 saturated carbocycles. The van der Waals surface area contributed by atoms with Gasteiger partial charge >= 0.3 is 0 Å². The van der Waals surface area contributed by atoms with Crippen molar-refractivity contribution in [2.75, 3.05) is 0 Å². The summed E-state index contributed by atoms with van der Waals surface area (Å²) in [5.41, 5.74) is 9.72. The predicted molar refractivity (Wildman–Crippen MR) is 205 cm³/mol. The number of hydrogen-bond acceptors (Lipinski definition) is 3. The SMILES string of the molecule is c1ccc(-c2nc(-c3ccccc3)nc(-n3c4ccccc4c4cccc(-c5ccc(-n6c7ccccc7c7ccccc76)cc5)c43)n2)cc1. The van der Waals surface area contributed by atoms with Crippen LogP contribution >= 0.6 is 0 Å². The third-order valence-electron chi connectivity index (χ3n) is 9.60. The lowest BCUT2D eigenvalue weighted by atomic mass is 10.0. The van der Waals surface area contributed by atoms with E-state index >= 15 is 0 Å². The van der Waals surface area contributed by atoms with Gasteiger partial charge in [0, 0.05) is 43.9 Å². The van der Waals surface area contributed by atoms with Crippen molar-refractivity contribution in [3.63, 3.8) is 0 Å². The van der Waals surface area contributed by atoms with Crippen LogP contribution in [0, 0.1) is 0 Å². The Morgan fingerprint density at radius 1 is 0.320 bits per heavy atom. The molecule has 5 heteroatoms. The summed E-state index contributed by atoms with van der Waals surface area (Å²) in [6, 6.07) is 61.5. The highest BCUT2D eigenvalue weighted by Crippen LogP contribution is 2.39. The smallest absolute Gasteiger partial charge is 0.238 e. The quantitative estimate of drug-likeness (QED) is 0.188. The van der Waals surface area contributed by atoms with Gasteiger partial charge in [0.1, 0.15) is 0 Å². The minimum atomic E-state index is 0.582. The third-order valence-corrected chi connectivity index (χ3v) is 9.60. The van der Waals surface area contributed by atoms with Crippen LogP contribution in [0.2, 0.25) is 0 Å². The first-order valence-electron chi connectivity index (χ1n) is 16.8. The van der Waals surface area contributed by atoms with Crippen LogP contribution in [-0.4, -0.2) is 24.1 Å². The van der Waals surface area contributed by atoms with Crippen LogP contribution in [0.25, 0.3) is 89.2 Å². The number of aromatic nitrogens is 5. The molecule has 0 fully saturated rings. The Morgan fingerprint density at radius 3 is 1.34 bits per heavy atom. The van der Waals surface area contributed by atoms with Gasteiger partial charge in [-0.3, -0.25) is 4.57 Å². The summed E-state index contributed by atoms with van der Waals surface area (Å²) in [6.45, 7) is 0. The zero-order chi connectivity index (χ0) is 33.0. The van der Waals surface area contributed by atoms with Gasteiger partial charge in [-0.1, -0.05) is 146 Å².